The van der Waals surface area contributed by atoms with Crippen LogP contribution in [0.15, 0.2) is 18.2 Å². The molecule has 0 spiro atoms. The number of fused-ring (bicyclic) bond motifs is 1. The van der Waals surface area contributed by atoms with Crippen LogP contribution in [-0.4, -0.2) is 15.6 Å². The first-order valence-electron chi connectivity index (χ1n) is 6.71. The summed E-state index contributed by atoms with van der Waals surface area (Å²) in [5.74, 6) is 1.15. The number of hydrogen-bond acceptors (Lipinski definition) is 2. The number of rotatable bonds is 1. The molecule has 0 radical (unpaired) electrons. The highest BCUT2D eigenvalue weighted by Gasteiger charge is 2.41. The van der Waals surface area contributed by atoms with E-state index in [2.05, 4.69) is 43.7 Å². The average molecular weight is 243 g/mol. The lowest BCUT2D eigenvalue weighted by Gasteiger charge is -2.28. The monoisotopic (exact) mass is 243 g/mol. The van der Waals surface area contributed by atoms with E-state index in [1.54, 1.807) is 0 Å². The molecule has 3 heteroatoms. The molecule has 0 bridgehead atoms. The molecule has 1 fully saturated rings. The predicted octanol–water partition coefficient (Wildman–Crippen LogP) is 2.65. The van der Waals surface area contributed by atoms with Crippen molar-refractivity contribution >= 4 is 11.0 Å². The molecule has 2 unspecified atom stereocenters. The van der Waals surface area contributed by atoms with E-state index in [4.69, 9.17) is 10.7 Å². The Labute approximate surface area is 108 Å². The molecule has 2 atom stereocenters. The van der Waals surface area contributed by atoms with Gasteiger partial charge in [0.1, 0.15) is 5.82 Å². The van der Waals surface area contributed by atoms with Crippen molar-refractivity contribution in [2.75, 3.05) is 0 Å². The molecule has 1 heterocycles. The van der Waals surface area contributed by atoms with Crippen molar-refractivity contribution in [3.05, 3.63) is 29.6 Å². The van der Waals surface area contributed by atoms with E-state index in [0.29, 0.717) is 0 Å². The summed E-state index contributed by atoms with van der Waals surface area (Å²) in [4.78, 5) is 4.86. The highest BCUT2D eigenvalue weighted by atomic mass is 15.1. The molecule has 1 aliphatic carbocycles. The standard InChI is InChI=1S/C15H21N3/c1-10-6-7-12-11(9-10)17-14(18(12)3)15(2)8-4-5-13(15)16/h6-7,9,13H,4-5,8,16H2,1-3H3. The molecule has 1 saturated carbocycles. The van der Waals surface area contributed by atoms with Gasteiger partial charge in [0.05, 0.1) is 11.0 Å². The lowest BCUT2D eigenvalue weighted by molar-refractivity contribution is 0.395. The van der Waals surface area contributed by atoms with Gasteiger partial charge in [0.25, 0.3) is 0 Å². The molecule has 2 aromatic rings. The highest BCUT2D eigenvalue weighted by molar-refractivity contribution is 5.77. The summed E-state index contributed by atoms with van der Waals surface area (Å²) in [6, 6.07) is 6.69. The van der Waals surface area contributed by atoms with Crippen molar-refractivity contribution in [3.8, 4) is 0 Å². The largest absolute Gasteiger partial charge is 0.331 e. The van der Waals surface area contributed by atoms with Crippen molar-refractivity contribution in [1.29, 1.82) is 0 Å². The first-order valence-corrected chi connectivity index (χ1v) is 6.71. The van der Waals surface area contributed by atoms with E-state index < -0.39 is 0 Å². The summed E-state index contributed by atoms with van der Waals surface area (Å²) in [5, 5.41) is 0. The third-order valence-corrected chi connectivity index (χ3v) is 4.58. The van der Waals surface area contributed by atoms with E-state index in [1.165, 1.54) is 17.5 Å². The molecule has 0 aliphatic heterocycles. The summed E-state index contributed by atoms with van der Waals surface area (Å²) < 4.78 is 2.22. The number of hydrogen-bond donors (Lipinski definition) is 1. The molecule has 1 aliphatic rings. The van der Waals surface area contributed by atoms with E-state index >= 15 is 0 Å². The topological polar surface area (TPSA) is 43.8 Å². The van der Waals surface area contributed by atoms with Crippen LogP contribution in [0.25, 0.3) is 11.0 Å². The van der Waals surface area contributed by atoms with Gasteiger partial charge in [0.2, 0.25) is 0 Å². The summed E-state index contributed by atoms with van der Waals surface area (Å²) >= 11 is 0. The van der Waals surface area contributed by atoms with Gasteiger partial charge in [-0.25, -0.2) is 4.98 Å². The Morgan fingerprint density at radius 2 is 2.22 bits per heavy atom. The highest BCUT2D eigenvalue weighted by Crippen LogP contribution is 2.40. The minimum absolute atomic E-state index is 0.0294. The minimum Gasteiger partial charge on any atom is -0.331 e. The van der Waals surface area contributed by atoms with Gasteiger partial charge in [0.15, 0.2) is 0 Å². The Morgan fingerprint density at radius 1 is 1.44 bits per heavy atom. The van der Waals surface area contributed by atoms with Crippen LogP contribution < -0.4 is 5.73 Å². The zero-order valence-electron chi connectivity index (χ0n) is 11.4. The maximum atomic E-state index is 6.31. The second-order valence-corrected chi connectivity index (χ2v) is 5.90. The Hall–Kier alpha value is -1.35. The maximum Gasteiger partial charge on any atom is 0.117 e. The van der Waals surface area contributed by atoms with Crippen LogP contribution in [0.5, 0.6) is 0 Å². The van der Waals surface area contributed by atoms with Gasteiger partial charge < -0.3 is 10.3 Å². The van der Waals surface area contributed by atoms with Gasteiger partial charge in [-0.05, 0) is 37.5 Å². The van der Waals surface area contributed by atoms with Crippen LogP contribution >= 0.6 is 0 Å². The molecule has 1 aromatic carbocycles. The van der Waals surface area contributed by atoms with E-state index in [-0.39, 0.29) is 11.5 Å². The Morgan fingerprint density at radius 3 is 2.89 bits per heavy atom. The normalized spacial score (nSPS) is 28.1. The van der Waals surface area contributed by atoms with Gasteiger partial charge >= 0.3 is 0 Å². The molecular weight excluding hydrogens is 222 g/mol. The molecule has 0 amide bonds. The van der Waals surface area contributed by atoms with Crippen molar-refractivity contribution in [3.63, 3.8) is 0 Å². The molecule has 96 valence electrons. The molecule has 18 heavy (non-hydrogen) atoms. The van der Waals surface area contributed by atoms with Gasteiger partial charge in [-0.15, -0.1) is 0 Å². The van der Waals surface area contributed by atoms with Crippen molar-refractivity contribution in [1.82, 2.24) is 9.55 Å². The summed E-state index contributed by atoms with van der Waals surface area (Å²) in [5.41, 5.74) is 9.89. The third-order valence-electron chi connectivity index (χ3n) is 4.58. The zero-order valence-corrected chi connectivity index (χ0v) is 11.4. The fourth-order valence-electron chi connectivity index (χ4n) is 3.29. The van der Waals surface area contributed by atoms with E-state index in [9.17, 15) is 0 Å². The summed E-state index contributed by atoms with van der Waals surface area (Å²) in [6.07, 6.45) is 3.46. The van der Waals surface area contributed by atoms with Crippen LogP contribution in [0.4, 0.5) is 0 Å². The van der Waals surface area contributed by atoms with Crippen LogP contribution in [-0.2, 0) is 12.5 Å². The predicted molar refractivity (Wildman–Crippen MR) is 74.6 cm³/mol. The quantitative estimate of drug-likeness (QED) is 0.836. The molecule has 0 saturated heterocycles. The van der Waals surface area contributed by atoms with Crippen LogP contribution in [0, 0.1) is 6.92 Å². The number of benzene rings is 1. The zero-order chi connectivity index (χ0) is 12.9. The second kappa shape index (κ2) is 3.82. The van der Waals surface area contributed by atoms with Crippen molar-refractivity contribution in [2.24, 2.45) is 12.8 Å². The van der Waals surface area contributed by atoms with E-state index in [1.807, 2.05) is 0 Å². The van der Waals surface area contributed by atoms with E-state index in [0.717, 1.165) is 24.2 Å². The molecular formula is C15H21N3. The third kappa shape index (κ3) is 1.50. The van der Waals surface area contributed by atoms with Crippen LogP contribution in [0.1, 0.15) is 37.6 Å². The summed E-state index contributed by atoms with van der Waals surface area (Å²) in [7, 11) is 2.11. The summed E-state index contributed by atoms with van der Waals surface area (Å²) in [6.45, 7) is 4.37. The van der Waals surface area contributed by atoms with Gasteiger partial charge in [-0.1, -0.05) is 19.4 Å². The van der Waals surface area contributed by atoms with Crippen LogP contribution in [0.2, 0.25) is 0 Å². The second-order valence-electron chi connectivity index (χ2n) is 5.90. The Bertz CT molecular complexity index is 599. The van der Waals surface area contributed by atoms with Crippen molar-refractivity contribution < 1.29 is 0 Å². The van der Waals surface area contributed by atoms with Gasteiger partial charge in [0, 0.05) is 18.5 Å². The first-order chi connectivity index (χ1) is 8.52. The van der Waals surface area contributed by atoms with Gasteiger partial charge in [-0.2, -0.15) is 0 Å². The van der Waals surface area contributed by atoms with Gasteiger partial charge in [-0.3, -0.25) is 0 Å². The van der Waals surface area contributed by atoms with Crippen LogP contribution in [0.3, 0.4) is 0 Å². The Balaban J connectivity index is 2.21. The molecule has 3 rings (SSSR count). The molecule has 1 aromatic heterocycles. The number of aromatic nitrogens is 2. The number of nitrogens with two attached hydrogens (primary N) is 1. The lowest BCUT2D eigenvalue weighted by Crippen LogP contribution is -2.40. The molecule has 2 N–H and O–H groups in total. The number of imidazole rings is 1. The van der Waals surface area contributed by atoms with Crippen molar-refractivity contribution in [2.45, 2.75) is 44.6 Å². The molecule has 3 nitrogen and oxygen atoms in total. The fraction of sp³-hybridized carbons (Fsp3) is 0.533. The average Bonchev–Trinajstić information content (AvgIpc) is 2.82. The maximum absolute atomic E-state index is 6.31. The number of nitrogens with zero attached hydrogens (tertiary/aromatic N) is 2. The number of aryl methyl sites for hydroxylation is 2. The SMILES string of the molecule is Cc1ccc2c(c1)nc(C1(C)CCCC1N)n2C. The minimum atomic E-state index is 0.0294. The Kier molecular flexibility index (Phi) is 2.49. The lowest BCUT2D eigenvalue weighted by atomic mass is 9.84. The first kappa shape index (κ1) is 11.7. The fourth-order valence-corrected chi connectivity index (χ4v) is 3.29. The smallest absolute Gasteiger partial charge is 0.117 e.